The minimum absolute atomic E-state index is 0.215. The summed E-state index contributed by atoms with van der Waals surface area (Å²) < 4.78 is 0. The van der Waals surface area contributed by atoms with E-state index in [-0.39, 0.29) is 5.71 Å². The van der Waals surface area contributed by atoms with E-state index in [2.05, 4.69) is 0 Å². The molecule has 2 rings (SSSR count). The number of anilines is 1. The van der Waals surface area contributed by atoms with Crippen molar-refractivity contribution in [2.45, 2.75) is 0 Å². The molecule has 0 saturated carbocycles. The molecule has 0 fully saturated rings. The third kappa shape index (κ3) is 1.01. The van der Waals surface area contributed by atoms with Crippen LogP contribution in [0.25, 0.3) is 6.08 Å². The number of carbonyl (C=O) groups is 1. The van der Waals surface area contributed by atoms with Crippen LogP contribution in [0.2, 0.25) is 0 Å². The number of Topliss-reactive ketones (excluding diaryl/α,β-unsaturated/α-hetero) is 1. The van der Waals surface area contributed by atoms with Crippen molar-refractivity contribution in [2.75, 3.05) is 5.73 Å². The number of hydrogen-bond donors (Lipinski definition) is 3. The number of aliphatic hydroxyl groups is 1. The number of rotatable bonds is 0. The third-order valence-electron chi connectivity index (χ3n) is 2.15. The maximum absolute atomic E-state index is 11.2. The van der Waals surface area contributed by atoms with E-state index >= 15 is 0 Å². The molecule has 0 aliphatic heterocycles. The second-order valence-corrected chi connectivity index (χ2v) is 3.04. The molecule has 0 amide bonds. The number of carbonyl (C=O) groups excluding carboxylic acids is 1. The Kier molecular flexibility index (Phi) is 1.64. The van der Waals surface area contributed by atoms with E-state index in [1.54, 1.807) is 18.2 Å². The van der Waals surface area contributed by atoms with Crippen LogP contribution in [0.3, 0.4) is 0 Å². The van der Waals surface area contributed by atoms with Gasteiger partial charge in [0.15, 0.2) is 5.76 Å². The van der Waals surface area contributed by atoms with Crippen LogP contribution in [0.4, 0.5) is 5.69 Å². The smallest absolute Gasteiger partial charge is 0.245 e. The fraction of sp³-hybridized carbons (Fsp3) is 0. The first kappa shape index (κ1) is 8.50. The topological polar surface area (TPSA) is 87.2 Å². The van der Waals surface area contributed by atoms with Crippen LogP contribution in [0.5, 0.6) is 0 Å². The Morgan fingerprint density at radius 1 is 1.36 bits per heavy atom. The van der Waals surface area contributed by atoms with Crippen LogP contribution in [-0.4, -0.2) is 16.6 Å². The molecule has 0 aromatic heterocycles. The van der Waals surface area contributed by atoms with Crippen LogP contribution in [0.15, 0.2) is 24.0 Å². The van der Waals surface area contributed by atoms with Gasteiger partial charge in [-0.25, -0.2) is 0 Å². The van der Waals surface area contributed by atoms with Crippen molar-refractivity contribution in [2.24, 2.45) is 0 Å². The average molecular weight is 188 g/mol. The number of nitrogen functional groups attached to an aromatic ring is 1. The first-order chi connectivity index (χ1) is 6.61. The van der Waals surface area contributed by atoms with Gasteiger partial charge in [0.1, 0.15) is 5.71 Å². The molecule has 1 aliphatic rings. The molecular weight excluding hydrogens is 180 g/mol. The Morgan fingerprint density at radius 3 is 2.79 bits per heavy atom. The van der Waals surface area contributed by atoms with E-state index < -0.39 is 11.5 Å². The highest BCUT2D eigenvalue weighted by atomic mass is 16.3. The van der Waals surface area contributed by atoms with Gasteiger partial charge in [-0.15, -0.1) is 0 Å². The second-order valence-electron chi connectivity index (χ2n) is 3.04. The molecule has 0 atom stereocenters. The van der Waals surface area contributed by atoms with Crippen molar-refractivity contribution in [1.29, 1.82) is 5.41 Å². The summed E-state index contributed by atoms with van der Waals surface area (Å²) in [6, 6.07) is 4.97. The minimum Gasteiger partial charge on any atom is -0.504 e. The van der Waals surface area contributed by atoms with E-state index in [0.29, 0.717) is 16.8 Å². The number of aliphatic hydroxyl groups excluding tert-OH is 1. The Labute approximate surface area is 80.2 Å². The van der Waals surface area contributed by atoms with Gasteiger partial charge in [0.25, 0.3) is 0 Å². The van der Waals surface area contributed by atoms with Crippen molar-refractivity contribution in [3.05, 3.63) is 35.1 Å². The Bertz CT molecular complexity index is 475. The zero-order chi connectivity index (χ0) is 10.3. The zero-order valence-corrected chi connectivity index (χ0v) is 7.24. The minimum atomic E-state index is -0.664. The highest BCUT2D eigenvalue weighted by Crippen LogP contribution is 2.25. The van der Waals surface area contributed by atoms with Crippen LogP contribution in [0.1, 0.15) is 11.1 Å². The van der Waals surface area contributed by atoms with Crippen LogP contribution < -0.4 is 5.73 Å². The number of allylic oxidation sites excluding steroid dienone is 1. The van der Waals surface area contributed by atoms with Gasteiger partial charge in [0, 0.05) is 16.8 Å². The molecule has 70 valence electrons. The van der Waals surface area contributed by atoms with Gasteiger partial charge in [-0.2, -0.15) is 0 Å². The predicted molar refractivity (Wildman–Crippen MR) is 53.3 cm³/mol. The van der Waals surface area contributed by atoms with Gasteiger partial charge < -0.3 is 10.8 Å². The summed E-state index contributed by atoms with van der Waals surface area (Å²) >= 11 is 0. The summed E-state index contributed by atoms with van der Waals surface area (Å²) in [5, 5.41) is 16.7. The van der Waals surface area contributed by atoms with E-state index in [4.69, 9.17) is 11.1 Å². The predicted octanol–water partition coefficient (Wildman–Crippen LogP) is 1.12. The zero-order valence-electron chi connectivity index (χ0n) is 7.24. The van der Waals surface area contributed by atoms with Gasteiger partial charge in [0.2, 0.25) is 5.78 Å². The molecule has 4 N–H and O–H groups in total. The molecule has 1 aromatic rings. The molecule has 0 radical (unpaired) electrons. The number of fused-ring (bicyclic) bond motifs is 1. The Balaban J connectivity index is 2.76. The molecule has 1 aliphatic carbocycles. The maximum atomic E-state index is 11.2. The molecule has 0 unspecified atom stereocenters. The quantitative estimate of drug-likeness (QED) is 0.533. The molecule has 14 heavy (non-hydrogen) atoms. The molecule has 0 saturated heterocycles. The normalized spacial score (nSPS) is 15.0. The molecule has 0 heterocycles. The van der Waals surface area contributed by atoms with E-state index in [1.165, 1.54) is 6.08 Å². The molecule has 4 nitrogen and oxygen atoms in total. The van der Waals surface area contributed by atoms with Crippen molar-refractivity contribution < 1.29 is 9.90 Å². The fourth-order valence-corrected chi connectivity index (χ4v) is 1.41. The fourth-order valence-electron chi connectivity index (χ4n) is 1.41. The molecule has 1 aromatic carbocycles. The lowest BCUT2D eigenvalue weighted by molar-refractivity contribution is -0.111. The first-order valence-electron chi connectivity index (χ1n) is 4.04. The molecule has 4 heteroatoms. The van der Waals surface area contributed by atoms with E-state index in [0.717, 1.165) is 0 Å². The van der Waals surface area contributed by atoms with Gasteiger partial charge in [0.05, 0.1) is 0 Å². The Hall–Kier alpha value is -2.10. The number of ketones is 1. The SMILES string of the molecule is N=C1C(=O)C(O)=Cc2c(N)cccc21. The number of nitrogens with two attached hydrogens (primary N) is 1. The summed E-state index contributed by atoms with van der Waals surface area (Å²) in [6.45, 7) is 0. The monoisotopic (exact) mass is 188 g/mol. The summed E-state index contributed by atoms with van der Waals surface area (Å²) in [6.07, 6.45) is 1.30. The third-order valence-corrected chi connectivity index (χ3v) is 2.15. The van der Waals surface area contributed by atoms with Crippen molar-refractivity contribution >= 4 is 23.3 Å². The van der Waals surface area contributed by atoms with Gasteiger partial charge in [-0.3, -0.25) is 10.2 Å². The number of benzene rings is 1. The summed E-state index contributed by atoms with van der Waals surface area (Å²) in [5.41, 5.74) is 6.88. The summed E-state index contributed by atoms with van der Waals surface area (Å²) in [4.78, 5) is 11.2. The van der Waals surface area contributed by atoms with E-state index in [1.807, 2.05) is 0 Å². The molecule has 0 spiro atoms. The van der Waals surface area contributed by atoms with Gasteiger partial charge in [-0.05, 0) is 12.1 Å². The molecular formula is C10H8N2O2. The number of hydrogen-bond acceptors (Lipinski definition) is 4. The van der Waals surface area contributed by atoms with Crippen molar-refractivity contribution in [3.63, 3.8) is 0 Å². The van der Waals surface area contributed by atoms with E-state index in [9.17, 15) is 9.90 Å². The highest BCUT2D eigenvalue weighted by molar-refractivity contribution is 6.52. The van der Waals surface area contributed by atoms with Crippen molar-refractivity contribution in [1.82, 2.24) is 0 Å². The van der Waals surface area contributed by atoms with Crippen LogP contribution in [0, 0.1) is 5.41 Å². The van der Waals surface area contributed by atoms with Crippen LogP contribution >= 0.6 is 0 Å². The van der Waals surface area contributed by atoms with Crippen LogP contribution in [-0.2, 0) is 4.79 Å². The number of nitrogens with one attached hydrogen (secondary N) is 1. The standard InChI is InChI=1S/C10H8N2O2/c11-7-3-1-2-5-6(7)4-8(13)10(14)9(5)12/h1-4,12-13H,11H2. The molecule has 0 bridgehead atoms. The lowest BCUT2D eigenvalue weighted by atomic mass is 9.92. The summed E-state index contributed by atoms with van der Waals surface area (Å²) in [5.74, 6) is -1.09. The Morgan fingerprint density at radius 2 is 2.07 bits per heavy atom. The van der Waals surface area contributed by atoms with Gasteiger partial charge in [-0.1, -0.05) is 12.1 Å². The first-order valence-corrected chi connectivity index (χ1v) is 4.04. The lowest BCUT2D eigenvalue weighted by Crippen LogP contribution is -2.21. The lowest BCUT2D eigenvalue weighted by Gasteiger charge is -2.14. The largest absolute Gasteiger partial charge is 0.504 e. The summed E-state index contributed by atoms with van der Waals surface area (Å²) in [7, 11) is 0. The average Bonchev–Trinajstić information content (AvgIpc) is 2.17. The maximum Gasteiger partial charge on any atom is 0.245 e. The van der Waals surface area contributed by atoms with Gasteiger partial charge >= 0.3 is 0 Å². The second kappa shape index (κ2) is 2.70. The highest BCUT2D eigenvalue weighted by Gasteiger charge is 2.24. The van der Waals surface area contributed by atoms with Crippen molar-refractivity contribution in [3.8, 4) is 0 Å².